The molecule has 32 heavy (non-hydrogen) atoms. The van der Waals surface area contributed by atoms with Gasteiger partial charge in [-0.2, -0.15) is 0 Å². The normalized spacial score (nSPS) is 32.4. The molecule has 0 aromatic carbocycles. The van der Waals surface area contributed by atoms with Crippen molar-refractivity contribution in [2.24, 2.45) is 29.1 Å². The monoisotopic (exact) mass is 566 g/mol. The first kappa shape index (κ1) is 26.2. The first-order valence-electron chi connectivity index (χ1n) is 12.2. The Hall–Kier alpha value is -0.450. The van der Waals surface area contributed by atoms with Crippen molar-refractivity contribution in [3.05, 3.63) is 0 Å². The van der Waals surface area contributed by atoms with Gasteiger partial charge in [0.15, 0.2) is 0 Å². The van der Waals surface area contributed by atoms with E-state index in [-0.39, 0.29) is 67.9 Å². The van der Waals surface area contributed by atoms with Gasteiger partial charge in [-0.05, 0) is 12.8 Å². The van der Waals surface area contributed by atoms with Gasteiger partial charge in [-0.1, -0.05) is 27.7 Å². The maximum atomic E-state index is 12.6. The van der Waals surface area contributed by atoms with Gasteiger partial charge in [-0.15, -0.1) is 0 Å². The zero-order valence-corrected chi connectivity index (χ0v) is 22.5. The topological polar surface area (TPSA) is 115 Å². The van der Waals surface area contributed by atoms with Crippen molar-refractivity contribution in [2.75, 3.05) is 6.61 Å². The zero-order valence-electron chi connectivity index (χ0n) is 20.3. The van der Waals surface area contributed by atoms with E-state index in [1.54, 1.807) is 0 Å². The Balaban J connectivity index is 1.69. The number of rotatable bonds is 11. The molecule has 0 aromatic rings. The summed E-state index contributed by atoms with van der Waals surface area (Å²) in [5, 5.41) is 23.0. The second kappa shape index (κ2) is 9.66. The second-order valence-corrected chi connectivity index (χ2v) is 13.0. The Labute approximate surface area is 203 Å². The van der Waals surface area contributed by atoms with E-state index >= 15 is 0 Å². The summed E-state index contributed by atoms with van der Waals surface area (Å²) < 4.78 is 14.5. The molecule has 2 aliphatic carbocycles. The van der Waals surface area contributed by atoms with Gasteiger partial charge in [0, 0.05) is 0 Å². The van der Waals surface area contributed by atoms with Crippen molar-refractivity contribution in [3.8, 4) is 0 Å². The van der Waals surface area contributed by atoms with Crippen molar-refractivity contribution < 1.29 is 50.8 Å². The number of carbonyl (C=O) groups is 2. The molecule has 2 saturated carbocycles. The summed E-state index contributed by atoms with van der Waals surface area (Å²) in [7, 11) is 0. The second-order valence-electron chi connectivity index (χ2n) is 10.5. The number of hydrogen-bond acceptors (Lipinski definition) is 7. The summed E-state index contributed by atoms with van der Waals surface area (Å²) in [4.78, 5) is 24.9. The average molecular weight is 566 g/mol. The van der Waals surface area contributed by atoms with E-state index in [9.17, 15) is 19.8 Å². The van der Waals surface area contributed by atoms with Crippen LogP contribution < -0.4 is 25.0 Å². The average Bonchev–Trinajstić information content (AvgIpc) is 3.49. The Bertz CT molecular complexity index is 701. The van der Waals surface area contributed by atoms with E-state index in [2.05, 4.69) is 3.53 Å². The fourth-order valence-corrected chi connectivity index (χ4v) is 8.30. The molecule has 3 fully saturated rings. The minimum Gasteiger partial charge on any atom is -0.0626 e. The quantitative estimate of drug-likeness (QED) is 0.0791. The van der Waals surface area contributed by atoms with Crippen LogP contribution in [0.15, 0.2) is 0 Å². The number of hydrogen-bond donors (Lipinski definition) is 3. The number of fused-ring (bicyclic) bond motifs is 2. The van der Waals surface area contributed by atoms with Crippen LogP contribution in [0.5, 0.6) is 0 Å². The van der Waals surface area contributed by atoms with Crippen LogP contribution >= 0.6 is 0 Å². The molecule has 6 atom stereocenters. The van der Waals surface area contributed by atoms with Crippen molar-refractivity contribution in [1.82, 2.24) is 3.53 Å². The first-order chi connectivity index (χ1) is 15.0. The van der Waals surface area contributed by atoms with Crippen molar-refractivity contribution in [3.63, 3.8) is 0 Å². The summed E-state index contributed by atoms with van der Waals surface area (Å²) in [6, 6.07) is 0. The van der Waals surface area contributed by atoms with Crippen LogP contribution in [0.3, 0.4) is 0 Å². The van der Waals surface area contributed by atoms with E-state index in [0.29, 0.717) is 32.1 Å². The van der Waals surface area contributed by atoms with Gasteiger partial charge >= 0.3 is 158 Å². The molecule has 2 bridgehead atoms. The third-order valence-corrected chi connectivity index (χ3v) is 11.4. The Morgan fingerprint density at radius 3 is 2.00 bits per heavy atom. The number of halogens is 1. The van der Waals surface area contributed by atoms with E-state index in [0.717, 1.165) is 6.42 Å². The van der Waals surface area contributed by atoms with E-state index in [1.807, 2.05) is 41.5 Å². The summed E-state index contributed by atoms with van der Waals surface area (Å²) in [5.74, 6) is -0.809. The predicted molar refractivity (Wildman–Crippen MR) is 116 cm³/mol. The number of nitrogens with one attached hydrogen (secondary N) is 1. The van der Waals surface area contributed by atoms with Gasteiger partial charge in [0.05, 0.1) is 0 Å². The molecule has 3 rings (SSSR count). The molecule has 0 aromatic heterocycles. The van der Waals surface area contributed by atoms with E-state index in [4.69, 9.17) is 9.47 Å². The molecular formula is C24H41INO6-. The predicted octanol–water partition coefficient (Wildman–Crippen LogP) is -0.225. The van der Waals surface area contributed by atoms with Gasteiger partial charge in [-0.25, -0.2) is 0 Å². The van der Waals surface area contributed by atoms with E-state index < -0.39 is 22.6 Å². The van der Waals surface area contributed by atoms with Crippen molar-refractivity contribution in [1.29, 1.82) is 0 Å². The van der Waals surface area contributed by atoms with Gasteiger partial charge in [0.2, 0.25) is 0 Å². The molecule has 1 aliphatic heterocycles. The van der Waals surface area contributed by atoms with Crippen LogP contribution in [0.2, 0.25) is 0 Å². The van der Waals surface area contributed by atoms with Gasteiger partial charge in [0.1, 0.15) is 0 Å². The summed E-state index contributed by atoms with van der Waals surface area (Å²) in [6.07, 6.45) is 3.72. The van der Waals surface area contributed by atoms with E-state index in [1.165, 1.54) is 0 Å². The minimum absolute atomic E-state index is 0.00433. The number of ether oxygens (including phenoxy) is 2. The number of esters is 2. The van der Waals surface area contributed by atoms with Crippen molar-refractivity contribution >= 4 is 11.9 Å². The Morgan fingerprint density at radius 2 is 1.50 bits per heavy atom. The molecule has 186 valence electrons. The van der Waals surface area contributed by atoms with Crippen LogP contribution in [0.4, 0.5) is 0 Å². The molecule has 0 radical (unpaired) electrons. The molecule has 1 saturated heterocycles. The third-order valence-electron chi connectivity index (χ3n) is 8.62. The molecule has 6 unspecified atom stereocenters. The number of alkyl halides is 1. The van der Waals surface area contributed by atoms with Gasteiger partial charge in [0.25, 0.3) is 0 Å². The molecular weight excluding hydrogens is 525 g/mol. The first-order valence-corrected chi connectivity index (χ1v) is 14.5. The van der Waals surface area contributed by atoms with Crippen LogP contribution in [-0.4, -0.2) is 50.1 Å². The minimum atomic E-state index is -0.898. The Morgan fingerprint density at radius 1 is 0.969 bits per heavy atom. The smallest absolute Gasteiger partial charge is 0.0626 e. The summed E-state index contributed by atoms with van der Waals surface area (Å²) in [5.41, 5.74) is -2.34. The fraction of sp³-hybridized carbons (Fsp3) is 0.917. The third kappa shape index (κ3) is 4.70. The SMILES string of the molecule is CCC(O)(CC)C1C2CC(OC(=O)COC(=O)C(C)(C)C3N[I-]3)C(C2)C1C(O)(CC)CC. The molecule has 3 N–H and O–H groups in total. The standard InChI is InChI=1S/C24H41INO6/c1-7-23(29,8-2)18-14-11-15(19(18)24(30,9-3)10-4)16(12-14)32-17(27)13-31-21(28)22(5,6)20-25-26-20/h14-16,18-20,26,29-30H,7-13H2,1-6H3/q-1. The maximum absolute atomic E-state index is 12.6. The van der Waals surface area contributed by atoms with Gasteiger partial charge < -0.3 is 5.11 Å². The Kier molecular flexibility index (Phi) is 7.90. The molecule has 8 heteroatoms. The van der Waals surface area contributed by atoms with Crippen LogP contribution in [0.1, 0.15) is 80.1 Å². The van der Waals surface area contributed by atoms with Gasteiger partial charge in [-0.3, -0.25) is 0 Å². The fourth-order valence-electron chi connectivity index (χ4n) is 6.31. The number of aliphatic hydroxyl groups is 2. The molecule has 7 nitrogen and oxygen atoms in total. The van der Waals surface area contributed by atoms with Crippen LogP contribution in [-0.2, 0) is 19.1 Å². The number of carbonyl (C=O) groups excluding carboxylic acids is 2. The summed E-state index contributed by atoms with van der Waals surface area (Å²) >= 11 is -0.141. The van der Waals surface area contributed by atoms with Crippen LogP contribution in [0, 0.1) is 29.1 Å². The molecule has 0 spiro atoms. The molecule has 1 heterocycles. The van der Waals surface area contributed by atoms with Crippen LogP contribution in [0.25, 0.3) is 0 Å². The summed E-state index contributed by atoms with van der Waals surface area (Å²) in [6.45, 7) is 11.3. The molecule has 3 aliphatic rings. The van der Waals surface area contributed by atoms with Crippen molar-refractivity contribution in [2.45, 2.75) is 101 Å². The zero-order chi connectivity index (χ0) is 23.9. The molecule has 0 amide bonds.